The number of para-hydroxylation sites is 1. The summed E-state index contributed by atoms with van der Waals surface area (Å²) in [4.78, 5) is 2.42. The first-order valence-electron chi connectivity index (χ1n) is 6.87. The molecule has 1 aromatic carbocycles. The number of hydrogen-bond acceptors (Lipinski definition) is 3. The van der Waals surface area contributed by atoms with Crippen molar-refractivity contribution in [1.82, 2.24) is 4.90 Å². The van der Waals surface area contributed by atoms with Crippen LogP contribution in [0.1, 0.15) is 18.9 Å². The number of fused-ring (bicyclic) bond motifs is 1. The first-order valence-corrected chi connectivity index (χ1v) is 6.87. The highest BCUT2D eigenvalue weighted by Gasteiger charge is 2.30. The Morgan fingerprint density at radius 3 is 3.00 bits per heavy atom. The van der Waals surface area contributed by atoms with E-state index in [0.717, 1.165) is 38.2 Å². The number of hydrogen-bond donors (Lipinski definition) is 1. The van der Waals surface area contributed by atoms with Crippen molar-refractivity contribution in [1.29, 1.82) is 0 Å². The molecule has 2 aliphatic rings. The Bertz CT molecular complexity index is 394. The van der Waals surface area contributed by atoms with Gasteiger partial charge in [0.15, 0.2) is 0 Å². The summed E-state index contributed by atoms with van der Waals surface area (Å²) < 4.78 is 5.96. The largest absolute Gasteiger partial charge is 0.488 e. The molecule has 0 bridgehead atoms. The summed E-state index contributed by atoms with van der Waals surface area (Å²) in [5.74, 6) is 1.49. The van der Waals surface area contributed by atoms with E-state index in [9.17, 15) is 5.11 Å². The Morgan fingerprint density at radius 2 is 2.28 bits per heavy atom. The van der Waals surface area contributed by atoms with E-state index in [4.69, 9.17) is 4.74 Å². The highest BCUT2D eigenvalue weighted by Crippen LogP contribution is 2.29. The maximum absolute atomic E-state index is 9.61. The first kappa shape index (κ1) is 12.0. The lowest BCUT2D eigenvalue weighted by Crippen LogP contribution is -2.34. The zero-order valence-corrected chi connectivity index (χ0v) is 10.9. The van der Waals surface area contributed by atoms with Gasteiger partial charge in [0.05, 0.1) is 6.10 Å². The van der Waals surface area contributed by atoms with Crippen LogP contribution in [0.15, 0.2) is 24.3 Å². The van der Waals surface area contributed by atoms with Crippen LogP contribution >= 0.6 is 0 Å². The predicted octanol–water partition coefficient (Wildman–Crippen LogP) is 1.69. The van der Waals surface area contributed by atoms with Gasteiger partial charge in [0.2, 0.25) is 0 Å². The maximum atomic E-state index is 9.61. The molecule has 0 spiro atoms. The first-order chi connectivity index (χ1) is 8.72. The molecule has 0 saturated carbocycles. The van der Waals surface area contributed by atoms with Gasteiger partial charge in [-0.05, 0) is 37.4 Å². The number of aliphatic hydroxyl groups excluding tert-OH is 1. The maximum Gasteiger partial charge on any atom is 0.123 e. The topological polar surface area (TPSA) is 32.7 Å². The molecule has 18 heavy (non-hydrogen) atoms. The second kappa shape index (κ2) is 4.90. The van der Waals surface area contributed by atoms with E-state index in [1.54, 1.807) is 0 Å². The molecule has 2 aliphatic heterocycles. The van der Waals surface area contributed by atoms with Gasteiger partial charge in [0, 0.05) is 19.5 Å². The Kier molecular flexibility index (Phi) is 3.27. The number of likely N-dealkylation sites (tertiary alicyclic amines) is 1. The highest BCUT2D eigenvalue weighted by molar-refractivity contribution is 5.37. The van der Waals surface area contributed by atoms with Crippen molar-refractivity contribution in [3.63, 3.8) is 0 Å². The van der Waals surface area contributed by atoms with E-state index < -0.39 is 0 Å². The van der Waals surface area contributed by atoms with Crippen molar-refractivity contribution >= 4 is 0 Å². The Labute approximate surface area is 108 Å². The average Bonchev–Trinajstić information content (AvgIpc) is 2.94. The monoisotopic (exact) mass is 247 g/mol. The van der Waals surface area contributed by atoms with Crippen LogP contribution in [0, 0.1) is 5.92 Å². The van der Waals surface area contributed by atoms with Gasteiger partial charge in [-0.3, -0.25) is 4.90 Å². The van der Waals surface area contributed by atoms with E-state index in [1.807, 2.05) is 13.0 Å². The van der Waals surface area contributed by atoms with Gasteiger partial charge in [0.1, 0.15) is 11.9 Å². The zero-order chi connectivity index (χ0) is 12.5. The predicted molar refractivity (Wildman–Crippen MR) is 70.8 cm³/mol. The molecule has 3 rings (SSSR count). The smallest absolute Gasteiger partial charge is 0.123 e. The standard InChI is InChI=1S/C15H21NO2/c1-11(17)13-6-7-16(9-13)10-14-8-12-4-2-3-5-15(12)18-14/h2-5,11,13-14,17H,6-10H2,1H3. The number of aliphatic hydroxyl groups is 1. The molecule has 98 valence electrons. The van der Waals surface area contributed by atoms with Crippen LogP contribution in [-0.4, -0.2) is 41.8 Å². The third kappa shape index (κ3) is 2.38. The molecule has 3 unspecified atom stereocenters. The molecule has 3 atom stereocenters. The third-order valence-corrected chi connectivity index (χ3v) is 4.17. The fourth-order valence-corrected chi connectivity index (χ4v) is 3.07. The minimum absolute atomic E-state index is 0.184. The molecule has 1 aromatic rings. The Balaban J connectivity index is 1.54. The molecular formula is C15H21NO2. The number of benzene rings is 1. The van der Waals surface area contributed by atoms with Crippen LogP contribution in [0.3, 0.4) is 0 Å². The van der Waals surface area contributed by atoms with E-state index in [-0.39, 0.29) is 12.2 Å². The molecule has 0 amide bonds. The summed E-state index contributed by atoms with van der Waals surface area (Å²) in [6, 6.07) is 8.31. The molecule has 3 nitrogen and oxygen atoms in total. The molecular weight excluding hydrogens is 226 g/mol. The van der Waals surface area contributed by atoms with Crippen LogP contribution in [0.4, 0.5) is 0 Å². The Hall–Kier alpha value is -1.06. The van der Waals surface area contributed by atoms with Crippen LogP contribution in [0.5, 0.6) is 5.75 Å². The number of rotatable bonds is 3. The van der Waals surface area contributed by atoms with Gasteiger partial charge >= 0.3 is 0 Å². The van der Waals surface area contributed by atoms with Crippen LogP contribution in [0.2, 0.25) is 0 Å². The molecule has 1 fully saturated rings. The van der Waals surface area contributed by atoms with Crippen molar-refractivity contribution in [2.45, 2.75) is 32.0 Å². The van der Waals surface area contributed by atoms with Gasteiger partial charge in [-0.25, -0.2) is 0 Å². The SMILES string of the molecule is CC(O)C1CCN(CC2Cc3ccccc3O2)C1. The van der Waals surface area contributed by atoms with Gasteiger partial charge in [0.25, 0.3) is 0 Å². The summed E-state index contributed by atoms with van der Waals surface area (Å²) in [6.07, 6.45) is 2.23. The summed E-state index contributed by atoms with van der Waals surface area (Å²) in [5, 5.41) is 9.61. The van der Waals surface area contributed by atoms with Crippen LogP contribution in [-0.2, 0) is 6.42 Å². The van der Waals surface area contributed by atoms with E-state index >= 15 is 0 Å². The fourth-order valence-electron chi connectivity index (χ4n) is 3.07. The Morgan fingerprint density at radius 1 is 1.44 bits per heavy atom. The summed E-state index contributed by atoms with van der Waals surface area (Å²) >= 11 is 0. The van der Waals surface area contributed by atoms with Crippen LogP contribution in [0.25, 0.3) is 0 Å². The van der Waals surface area contributed by atoms with Gasteiger partial charge < -0.3 is 9.84 Å². The fraction of sp³-hybridized carbons (Fsp3) is 0.600. The van der Waals surface area contributed by atoms with Crippen molar-refractivity contribution in [3.8, 4) is 5.75 Å². The lowest BCUT2D eigenvalue weighted by atomic mass is 10.0. The molecule has 0 aliphatic carbocycles. The summed E-state index contributed by atoms with van der Waals surface area (Å²) in [5.41, 5.74) is 1.33. The molecule has 0 radical (unpaired) electrons. The van der Waals surface area contributed by atoms with Gasteiger partial charge in [-0.15, -0.1) is 0 Å². The average molecular weight is 247 g/mol. The van der Waals surface area contributed by atoms with Gasteiger partial charge in [-0.1, -0.05) is 18.2 Å². The highest BCUT2D eigenvalue weighted by atomic mass is 16.5. The number of ether oxygens (including phenoxy) is 1. The van der Waals surface area contributed by atoms with Gasteiger partial charge in [-0.2, -0.15) is 0 Å². The number of nitrogens with zero attached hydrogens (tertiary/aromatic N) is 1. The van der Waals surface area contributed by atoms with E-state index in [1.165, 1.54) is 5.56 Å². The molecule has 0 aromatic heterocycles. The lowest BCUT2D eigenvalue weighted by Gasteiger charge is -2.21. The molecule has 1 N–H and O–H groups in total. The minimum Gasteiger partial charge on any atom is -0.488 e. The summed E-state index contributed by atoms with van der Waals surface area (Å²) in [7, 11) is 0. The zero-order valence-electron chi connectivity index (χ0n) is 10.9. The second-order valence-electron chi connectivity index (χ2n) is 5.60. The molecule has 1 saturated heterocycles. The van der Waals surface area contributed by atoms with Crippen LogP contribution < -0.4 is 4.74 Å². The lowest BCUT2D eigenvalue weighted by molar-refractivity contribution is 0.118. The normalized spacial score (nSPS) is 29.0. The summed E-state index contributed by atoms with van der Waals surface area (Å²) in [6.45, 7) is 4.98. The van der Waals surface area contributed by atoms with E-state index in [2.05, 4.69) is 23.1 Å². The third-order valence-electron chi connectivity index (χ3n) is 4.17. The quantitative estimate of drug-likeness (QED) is 0.882. The van der Waals surface area contributed by atoms with E-state index in [0.29, 0.717) is 5.92 Å². The molecule has 3 heteroatoms. The van der Waals surface area contributed by atoms with Crippen molar-refractivity contribution in [3.05, 3.63) is 29.8 Å². The van der Waals surface area contributed by atoms with Crippen molar-refractivity contribution in [2.75, 3.05) is 19.6 Å². The van der Waals surface area contributed by atoms with Crippen molar-refractivity contribution < 1.29 is 9.84 Å². The molecule has 2 heterocycles. The van der Waals surface area contributed by atoms with Crippen molar-refractivity contribution in [2.24, 2.45) is 5.92 Å². The minimum atomic E-state index is -0.184. The second-order valence-corrected chi connectivity index (χ2v) is 5.60.